The third-order valence-corrected chi connectivity index (χ3v) is 6.32. The average Bonchev–Trinajstić information content (AvgIpc) is 3.48. The summed E-state index contributed by atoms with van der Waals surface area (Å²) in [5, 5.41) is 9.87. The zero-order valence-electron chi connectivity index (χ0n) is 16.8. The molecule has 0 saturated carbocycles. The van der Waals surface area contributed by atoms with Gasteiger partial charge in [0.25, 0.3) is 0 Å². The zero-order valence-corrected chi connectivity index (χ0v) is 17.6. The average molecular weight is 416 g/mol. The number of aromatic nitrogens is 3. The van der Waals surface area contributed by atoms with Gasteiger partial charge in [-0.3, -0.25) is 5.10 Å². The predicted octanol–water partition coefficient (Wildman–Crippen LogP) is 5.11. The van der Waals surface area contributed by atoms with Crippen LogP contribution in [0.2, 0.25) is 0 Å². The highest BCUT2D eigenvalue weighted by molar-refractivity contribution is 7.07. The molecular formula is C24H21N3O2S. The van der Waals surface area contributed by atoms with Gasteiger partial charge in [0, 0.05) is 28.5 Å². The molecule has 0 spiro atoms. The van der Waals surface area contributed by atoms with E-state index in [0.29, 0.717) is 0 Å². The fraction of sp³-hybridized carbons (Fsp3) is 0.167. The van der Waals surface area contributed by atoms with Crippen LogP contribution in [0.1, 0.15) is 22.4 Å². The Morgan fingerprint density at radius 3 is 2.57 bits per heavy atom. The number of rotatable bonds is 5. The molecule has 1 atom stereocenters. The molecule has 2 heterocycles. The first-order chi connectivity index (χ1) is 14.7. The van der Waals surface area contributed by atoms with Gasteiger partial charge in [-0.15, -0.1) is 11.3 Å². The minimum absolute atomic E-state index is 0.348. The Bertz CT molecular complexity index is 1200. The van der Waals surface area contributed by atoms with Crippen LogP contribution < -0.4 is 9.47 Å². The van der Waals surface area contributed by atoms with E-state index in [1.54, 1.807) is 25.6 Å². The number of ether oxygens (including phenoxy) is 2. The highest BCUT2D eigenvalue weighted by Gasteiger charge is 2.37. The van der Waals surface area contributed by atoms with Crippen molar-refractivity contribution >= 4 is 17.4 Å². The lowest BCUT2D eigenvalue weighted by Crippen LogP contribution is -2.30. The lowest BCUT2D eigenvalue weighted by molar-refractivity contribution is 0.354. The molecule has 0 saturated heterocycles. The smallest absolute Gasteiger partial charge is 0.161 e. The molecule has 0 fully saturated rings. The van der Waals surface area contributed by atoms with E-state index >= 15 is 0 Å². The van der Waals surface area contributed by atoms with Crippen molar-refractivity contribution in [2.24, 2.45) is 0 Å². The van der Waals surface area contributed by atoms with Gasteiger partial charge in [0.2, 0.25) is 0 Å². The molecule has 4 aromatic rings. The Hall–Kier alpha value is -3.38. The second-order valence-electron chi connectivity index (χ2n) is 7.26. The van der Waals surface area contributed by atoms with E-state index in [1.165, 1.54) is 5.56 Å². The maximum Gasteiger partial charge on any atom is 0.161 e. The Labute approximate surface area is 179 Å². The minimum atomic E-state index is -0.348. The van der Waals surface area contributed by atoms with Crippen molar-refractivity contribution in [3.63, 3.8) is 0 Å². The molecule has 5 rings (SSSR count). The summed E-state index contributed by atoms with van der Waals surface area (Å²) in [6.07, 6.45) is 5.20. The number of hydrogen-bond acceptors (Lipinski definition) is 5. The van der Waals surface area contributed by atoms with E-state index < -0.39 is 0 Å². The number of allylic oxidation sites excluding steroid dienone is 1. The molecule has 150 valence electrons. The van der Waals surface area contributed by atoms with Crippen molar-refractivity contribution in [3.8, 4) is 22.9 Å². The number of benzene rings is 2. The summed E-state index contributed by atoms with van der Waals surface area (Å²) in [5.74, 6) is 1.44. The van der Waals surface area contributed by atoms with Gasteiger partial charge in [0.1, 0.15) is 11.4 Å². The molecule has 5 nitrogen and oxygen atoms in total. The number of thiazole rings is 1. The minimum Gasteiger partial charge on any atom is -0.493 e. The van der Waals surface area contributed by atoms with E-state index in [2.05, 4.69) is 63.7 Å². The van der Waals surface area contributed by atoms with Crippen LogP contribution in [-0.2, 0) is 11.8 Å². The van der Waals surface area contributed by atoms with Crippen molar-refractivity contribution in [1.82, 2.24) is 15.2 Å². The lowest BCUT2D eigenvalue weighted by Gasteiger charge is -2.34. The van der Waals surface area contributed by atoms with Crippen molar-refractivity contribution in [3.05, 3.63) is 87.9 Å². The molecule has 1 aliphatic carbocycles. The first-order valence-corrected chi connectivity index (χ1v) is 10.6. The number of fused-ring (bicyclic) bond motifs is 1. The zero-order chi connectivity index (χ0) is 20.6. The van der Waals surface area contributed by atoms with Crippen molar-refractivity contribution in [1.29, 1.82) is 0 Å². The van der Waals surface area contributed by atoms with Crippen LogP contribution in [0.15, 0.2) is 65.5 Å². The highest BCUT2D eigenvalue weighted by atomic mass is 32.1. The summed E-state index contributed by atoms with van der Waals surface area (Å²) in [4.78, 5) is 4.43. The van der Waals surface area contributed by atoms with Gasteiger partial charge in [0.05, 0.1) is 19.7 Å². The summed E-state index contributed by atoms with van der Waals surface area (Å²) >= 11 is 1.57. The topological polar surface area (TPSA) is 60.0 Å². The number of aromatic amines is 1. The van der Waals surface area contributed by atoms with E-state index in [-0.39, 0.29) is 5.41 Å². The monoisotopic (exact) mass is 415 g/mol. The Morgan fingerprint density at radius 1 is 1.00 bits per heavy atom. The molecule has 1 N–H and O–H groups in total. The van der Waals surface area contributed by atoms with Gasteiger partial charge < -0.3 is 9.47 Å². The first-order valence-electron chi connectivity index (χ1n) is 9.68. The Balaban J connectivity index is 1.67. The lowest BCUT2D eigenvalue weighted by atomic mass is 9.68. The van der Waals surface area contributed by atoms with Gasteiger partial charge in [-0.05, 0) is 23.3 Å². The second-order valence-corrected chi connectivity index (χ2v) is 7.97. The molecule has 0 radical (unpaired) electrons. The number of nitrogens with zero attached hydrogens (tertiary/aromatic N) is 2. The van der Waals surface area contributed by atoms with E-state index in [4.69, 9.17) is 9.47 Å². The molecule has 30 heavy (non-hydrogen) atoms. The molecule has 0 amide bonds. The van der Waals surface area contributed by atoms with Crippen LogP contribution in [0.4, 0.5) is 0 Å². The van der Waals surface area contributed by atoms with Gasteiger partial charge in [0.15, 0.2) is 11.5 Å². The van der Waals surface area contributed by atoms with Crippen molar-refractivity contribution in [2.75, 3.05) is 14.2 Å². The Kier molecular flexibility index (Phi) is 4.64. The number of methoxy groups -OCH3 is 2. The van der Waals surface area contributed by atoms with E-state index in [0.717, 1.165) is 46.1 Å². The second kappa shape index (κ2) is 7.46. The predicted molar refractivity (Wildman–Crippen MR) is 119 cm³/mol. The highest BCUT2D eigenvalue weighted by Crippen LogP contribution is 2.44. The van der Waals surface area contributed by atoms with Gasteiger partial charge in [-0.2, -0.15) is 5.10 Å². The molecular weight excluding hydrogens is 394 g/mol. The SMILES string of the molecule is COc1ccc(C2(c3ccccc3)C=Cc3c(-c4cscn4)n[nH]c3C2)cc1OC. The molecule has 0 bridgehead atoms. The fourth-order valence-corrected chi connectivity index (χ4v) is 4.74. The fourth-order valence-electron chi connectivity index (χ4n) is 4.20. The number of hydrogen-bond donors (Lipinski definition) is 1. The Morgan fingerprint density at radius 2 is 1.83 bits per heavy atom. The van der Waals surface area contributed by atoms with Crippen LogP contribution in [-0.4, -0.2) is 29.4 Å². The normalized spacial score (nSPS) is 17.5. The summed E-state index contributed by atoms with van der Waals surface area (Å²) in [5.41, 5.74) is 7.84. The summed E-state index contributed by atoms with van der Waals surface area (Å²) < 4.78 is 11.0. The maximum atomic E-state index is 5.59. The number of H-pyrrole nitrogens is 1. The van der Waals surface area contributed by atoms with Gasteiger partial charge in [-0.1, -0.05) is 48.6 Å². The molecule has 6 heteroatoms. The summed E-state index contributed by atoms with van der Waals surface area (Å²) in [6, 6.07) is 16.7. The van der Waals surface area contributed by atoms with Crippen LogP contribution in [0.25, 0.3) is 17.5 Å². The van der Waals surface area contributed by atoms with Crippen LogP contribution in [0.3, 0.4) is 0 Å². The van der Waals surface area contributed by atoms with Crippen LogP contribution >= 0.6 is 11.3 Å². The quantitative estimate of drug-likeness (QED) is 0.492. The third-order valence-electron chi connectivity index (χ3n) is 5.74. The van der Waals surface area contributed by atoms with Crippen LogP contribution in [0, 0.1) is 0 Å². The molecule has 2 aromatic carbocycles. The number of nitrogens with one attached hydrogen (secondary N) is 1. The van der Waals surface area contributed by atoms with Crippen molar-refractivity contribution < 1.29 is 9.47 Å². The molecule has 1 unspecified atom stereocenters. The van der Waals surface area contributed by atoms with Crippen LogP contribution in [0.5, 0.6) is 11.5 Å². The first kappa shape index (κ1) is 18.6. The van der Waals surface area contributed by atoms with Crippen molar-refractivity contribution in [2.45, 2.75) is 11.8 Å². The van der Waals surface area contributed by atoms with E-state index in [9.17, 15) is 0 Å². The third kappa shape index (κ3) is 2.92. The standard InChI is InChI=1S/C24H21N3O2S/c1-28-21-9-8-17(12-22(21)29-2)24(16-6-4-3-5-7-16)11-10-18-19(13-24)26-27-23(18)20-14-30-15-25-20/h3-12,14-15H,13H2,1-2H3,(H,26,27). The summed E-state index contributed by atoms with van der Waals surface area (Å²) in [6.45, 7) is 0. The summed E-state index contributed by atoms with van der Waals surface area (Å²) in [7, 11) is 3.32. The van der Waals surface area contributed by atoms with Gasteiger partial charge >= 0.3 is 0 Å². The van der Waals surface area contributed by atoms with E-state index in [1.807, 2.05) is 23.0 Å². The molecule has 2 aromatic heterocycles. The largest absolute Gasteiger partial charge is 0.493 e. The molecule has 0 aliphatic heterocycles. The van der Waals surface area contributed by atoms with Gasteiger partial charge in [-0.25, -0.2) is 4.98 Å². The molecule has 1 aliphatic rings. The maximum absolute atomic E-state index is 5.59.